The minimum Gasteiger partial charge on any atom is -0.397 e. The second-order valence-corrected chi connectivity index (χ2v) is 15.3. The molecule has 0 aromatic carbocycles. The zero-order valence-electron chi connectivity index (χ0n) is 37.8. The van der Waals surface area contributed by atoms with Crippen LogP contribution in [0.25, 0.3) is 0 Å². The van der Waals surface area contributed by atoms with Crippen LogP contribution >= 0.6 is 0 Å². The Labute approximate surface area is 333 Å². The van der Waals surface area contributed by atoms with Crippen molar-refractivity contribution in [3.8, 4) is 0 Å². The highest BCUT2D eigenvalue weighted by Crippen LogP contribution is 2.13. The lowest BCUT2D eigenvalue weighted by molar-refractivity contribution is 0.156. The Kier molecular flexibility index (Phi) is 77.2. The van der Waals surface area contributed by atoms with E-state index in [9.17, 15) is 10.2 Å². The van der Waals surface area contributed by atoms with E-state index in [1.807, 2.05) is 13.8 Å². The molecule has 0 aromatic rings. The number of rotatable bonds is 35. The van der Waals surface area contributed by atoms with E-state index in [1.165, 1.54) is 199 Å². The molecule has 0 amide bonds. The smallest absolute Gasteiger partial charge is 0.0537 e. The summed E-state index contributed by atoms with van der Waals surface area (Å²) in [5.74, 6) is 0. The van der Waals surface area contributed by atoms with E-state index >= 15 is 0 Å². The summed E-state index contributed by atoms with van der Waals surface area (Å²) in [5, 5.41) is 34.7. The van der Waals surface area contributed by atoms with Gasteiger partial charge in [-0.3, -0.25) is 0 Å². The van der Waals surface area contributed by atoms with Gasteiger partial charge < -0.3 is 20.4 Å². The van der Waals surface area contributed by atoms with Crippen molar-refractivity contribution in [1.82, 2.24) is 0 Å². The summed E-state index contributed by atoms with van der Waals surface area (Å²) in [6.07, 6.45) is 47.3. The lowest BCUT2D eigenvalue weighted by Gasteiger charge is -2.06. The molecule has 0 rings (SSSR count). The van der Waals surface area contributed by atoms with Gasteiger partial charge in [-0.05, 0) is 39.0 Å². The molecular formula is C48H108O4. The van der Waals surface area contributed by atoms with E-state index in [2.05, 4.69) is 34.6 Å². The van der Waals surface area contributed by atoms with Crippen molar-refractivity contribution >= 4 is 0 Å². The molecule has 0 saturated heterocycles. The van der Waals surface area contributed by atoms with Crippen LogP contribution in [0.2, 0.25) is 0 Å². The average molecular weight is 749 g/mol. The first-order valence-corrected chi connectivity index (χ1v) is 23.9. The average Bonchev–Trinajstić information content (AvgIpc) is 3.15. The van der Waals surface area contributed by atoms with Gasteiger partial charge in [-0.1, -0.05) is 248 Å². The highest BCUT2D eigenvalue weighted by Gasteiger charge is 2.00. The zero-order chi connectivity index (χ0) is 40.0. The SMILES string of the molecule is CCCCCCCCCC(O)CC.CCCCCCCCCC(O)CC.CCCCCCCCCCCC.CCCCCCCCCCO.CCO.[HH]. The Bertz CT molecular complexity index is 466. The maximum atomic E-state index is 9.30. The summed E-state index contributed by atoms with van der Waals surface area (Å²) < 4.78 is 0. The third kappa shape index (κ3) is 78.8. The van der Waals surface area contributed by atoms with Gasteiger partial charge in [0.15, 0.2) is 0 Å². The van der Waals surface area contributed by atoms with Crippen LogP contribution in [0.3, 0.4) is 0 Å². The summed E-state index contributed by atoms with van der Waals surface area (Å²) in [5.41, 5.74) is 0. The fourth-order valence-corrected chi connectivity index (χ4v) is 5.89. The normalized spacial score (nSPS) is 11.5. The molecule has 0 bridgehead atoms. The van der Waals surface area contributed by atoms with Crippen LogP contribution in [-0.2, 0) is 0 Å². The van der Waals surface area contributed by atoms with Crippen LogP contribution in [0.5, 0.6) is 0 Å². The lowest BCUT2D eigenvalue weighted by atomic mass is 10.1. The molecule has 2 atom stereocenters. The Morgan fingerprint density at radius 1 is 0.288 bits per heavy atom. The summed E-state index contributed by atoms with van der Waals surface area (Å²) in [7, 11) is 0. The molecule has 0 aromatic heterocycles. The lowest BCUT2D eigenvalue weighted by Crippen LogP contribution is -2.03. The Morgan fingerprint density at radius 3 is 0.635 bits per heavy atom. The predicted octanol–water partition coefficient (Wildman–Crippen LogP) is 16.1. The van der Waals surface area contributed by atoms with Gasteiger partial charge in [0, 0.05) is 14.6 Å². The van der Waals surface area contributed by atoms with Gasteiger partial charge in [-0.2, -0.15) is 0 Å². The van der Waals surface area contributed by atoms with E-state index < -0.39 is 0 Å². The minimum atomic E-state index is -0.0457. The molecule has 0 aliphatic rings. The predicted molar refractivity (Wildman–Crippen MR) is 240 cm³/mol. The molecule has 0 spiro atoms. The molecule has 0 aliphatic carbocycles. The van der Waals surface area contributed by atoms with Crippen LogP contribution in [0, 0.1) is 0 Å². The monoisotopic (exact) mass is 749 g/mol. The van der Waals surface area contributed by atoms with Crippen molar-refractivity contribution < 1.29 is 21.9 Å². The first-order chi connectivity index (χ1) is 25.4. The van der Waals surface area contributed by atoms with Crippen molar-refractivity contribution in [1.29, 1.82) is 0 Å². The van der Waals surface area contributed by atoms with Gasteiger partial charge in [0.05, 0.1) is 12.2 Å². The van der Waals surface area contributed by atoms with Crippen molar-refractivity contribution in [2.24, 2.45) is 0 Å². The van der Waals surface area contributed by atoms with Crippen LogP contribution in [-0.4, -0.2) is 45.8 Å². The summed E-state index contributed by atoms with van der Waals surface area (Å²) in [6.45, 7) is 17.7. The molecular weight excluding hydrogens is 641 g/mol. The van der Waals surface area contributed by atoms with Crippen molar-refractivity contribution in [2.75, 3.05) is 13.2 Å². The van der Waals surface area contributed by atoms with Gasteiger partial charge in [0.25, 0.3) is 0 Å². The summed E-state index contributed by atoms with van der Waals surface area (Å²) in [4.78, 5) is 0. The number of hydrogen-bond donors (Lipinski definition) is 4. The number of aliphatic hydroxyl groups is 4. The molecule has 0 radical (unpaired) electrons. The van der Waals surface area contributed by atoms with Crippen molar-refractivity contribution in [3.63, 3.8) is 0 Å². The first-order valence-electron chi connectivity index (χ1n) is 23.9. The Balaban J connectivity index is -0.000000135. The number of unbranched alkanes of at least 4 members (excludes halogenated alkanes) is 28. The van der Waals surface area contributed by atoms with Crippen LogP contribution in [0.15, 0.2) is 0 Å². The molecule has 0 saturated carbocycles. The summed E-state index contributed by atoms with van der Waals surface area (Å²) >= 11 is 0. The minimum absolute atomic E-state index is 0. The third-order valence-electron chi connectivity index (χ3n) is 9.69. The molecule has 0 fully saturated rings. The van der Waals surface area contributed by atoms with Gasteiger partial charge in [-0.25, -0.2) is 0 Å². The Hall–Kier alpha value is -0.160. The van der Waals surface area contributed by atoms with Crippen molar-refractivity contribution in [2.45, 2.75) is 299 Å². The maximum Gasteiger partial charge on any atom is 0.0537 e. The van der Waals surface area contributed by atoms with Crippen LogP contribution in [0.1, 0.15) is 288 Å². The van der Waals surface area contributed by atoms with Gasteiger partial charge in [0.2, 0.25) is 0 Å². The fraction of sp³-hybridized carbons (Fsp3) is 1.00. The number of hydrogen-bond acceptors (Lipinski definition) is 4. The number of aliphatic hydroxyl groups excluding tert-OH is 4. The molecule has 324 valence electrons. The molecule has 52 heavy (non-hydrogen) atoms. The van der Waals surface area contributed by atoms with Crippen molar-refractivity contribution in [3.05, 3.63) is 0 Å². The topological polar surface area (TPSA) is 80.9 Å². The van der Waals surface area contributed by atoms with Gasteiger partial charge >= 0.3 is 0 Å². The van der Waals surface area contributed by atoms with E-state index in [0.717, 1.165) is 32.1 Å². The zero-order valence-corrected chi connectivity index (χ0v) is 37.8. The maximum absolute atomic E-state index is 9.30. The standard InChI is InChI=1S/2C12H26O.C12H26.C10H22O.C2H6O.H2/c2*1-3-5-6-7-8-9-10-11-12(13)4-2;1-3-5-7-9-11-12-10-8-6-4-2;1-2-3-4-5-6-7-8-9-10-11;1-2-3;/h2*12-13H,3-11H2,1-2H3;3-12H2,1-2H3;11H,2-10H2,1H3;3H,2H2,1H3;1H. The highest BCUT2D eigenvalue weighted by molar-refractivity contribution is 4.54. The highest BCUT2D eigenvalue weighted by atomic mass is 16.3. The van der Waals surface area contributed by atoms with E-state index in [0.29, 0.717) is 6.61 Å². The third-order valence-corrected chi connectivity index (χ3v) is 9.69. The summed E-state index contributed by atoms with van der Waals surface area (Å²) in [6, 6.07) is 0. The molecule has 0 aliphatic heterocycles. The molecule has 4 nitrogen and oxygen atoms in total. The molecule has 4 heteroatoms. The Morgan fingerprint density at radius 2 is 0.462 bits per heavy atom. The van der Waals surface area contributed by atoms with E-state index in [4.69, 9.17) is 10.2 Å². The molecule has 0 heterocycles. The van der Waals surface area contributed by atoms with Gasteiger partial charge in [-0.15, -0.1) is 0 Å². The molecule has 2 unspecified atom stereocenters. The van der Waals surface area contributed by atoms with E-state index in [-0.39, 0.29) is 20.2 Å². The molecule has 4 N–H and O–H groups in total. The second-order valence-electron chi connectivity index (χ2n) is 15.3. The van der Waals surface area contributed by atoms with Crippen LogP contribution < -0.4 is 0 Å². The first kappa shape index (κ1) is 61.1. The second kappa shape index (κ2) is 65.7. The van der Waals surface area contributed by atoms with Crippen LogP contribution in [0.4, 0.5) is 0 Å². The van der Waals surface area contributed by atoms with E-state index in [1.54, 1.807) is 6.92 Å². The largest absolute Gasteiger partial charge is 0.397 e. The fourth-order valence-electron chi connectivity index (χ4n) is 5.89. The van der Waals surface area contributed by atoms with Gasteiger partial charge in [0.1, 0.15) is 0 Å². The quantitative estimate of drug-likeness (QED) is 0.0487.